The molecule has 0 spiro atoms. The highest BCUT2D eigenvalue weighted by Gasteiger charge is 2.56. The SMILES string of the molecule is CC(C)C(C)CC[C@@H](C)[C@H]1CCC2=C3CC[C@H]4C(C)[C@@H](O)CC[C@]4(C)[C@H]3CC[C@@]21C. The summed E-state index contributed by atoms with van der Waals surface area (Å²) in [6.45, 7) is 17.4. The van der Waals surface area contributed by atoms with E-state index in [0.717, 1.165) is 41.9 Å². The Hall–Kier alpha value is -0.300. The first kappa shape index (κ1) is 22.9. The van der Waals surface area contributed by atoms with Crippen molar-refractivity contribution in [2.24, 2.45) is 52.3 Å². The van der Waals surface area contributed by atoms with Crippen molar-refractivity contribution in [3.05, 3.63) is 11.1 Å². The number of hydrogen-bond donors (Lipinski definition) is 1. The average Bonchev–Trinajstić information content (AvgIpc) is 3.06. The molecule has 0 saturated heterocycles. The van der Waals surface area contributed by atoms with Gasteiger partial charge in [-0.15, -0.1) is 0 Å². The molecule has 0 bridgehead atoms. The van der Waals surface area contributed by atoms with Crippen LogP contribution in [0.15, 0.2) is 11.1 Å². The van der Waals surface area contributed by atoms with Gasteiger partial charge < -0.3 is 5.11 Å². The summed E-state index contributed by atoms with van der Waals surface area (Å²) in [6.07, 6.45) is 13.3. The standard InChI is InChI=1S/C29H50O/c1-18(2)19(3)8-9-20(4)23-12-13-25-22-10-11-24-21(5)27(30)15-17-29(24,7)26(22)14-16-28(23,25)6/h18-21,23-24,26-27,30H,8-17H2,1-7H3/t19?,20-,21?,23-,24+,26+,27+,28-,29+/m1/s1. The van der Waals surface area contributed by atoms with Crippen LogP contribution in [0, 0.1) is 52.3 Å². The van der Waals surface area contributed by atoms with E-state index in [0.29, 0.717) is 16.7 Å². The molecule has 1 nitrogen and oxygen atoms in total. The summed E-state index contributed by atoms with van der Waals surface area (Å²) in [7, 11) is 0. The first-order chi connectivity index (χ1) is 14.1. The molecular formula is C29H50O. The van der Waals surface area contributed by atoms with E-state index in [9.17, 15) is 5.11 Å². The smallest absolute Gasteiger partial charge is 0.0568 e. The van der Waals surface area contributed by atoms with Crippen molar-refractivity contribution in [1.82, 2.24) is 0 Å². The van der Waals surface area contributed by atoms with E-state index in [2.05, 4.69) is 48.5 Å². The number of allylic oxidation sites excluding steroid dienone is 2. The van der Waals surface area contributed by atoms with Crippen LogP contribution in [0.3, 0.4) is 0 Å². The lowest BCUT2D eigenvalue weighted by Crippen LogP contribution is -2.51. The van der Waals surface area contributed by atoms with E-state index in [1.54, 1.807) is 0 Å². The molecule has 1 N–H and O–H groups in total. The number of aliphatic hydroxyl groups excluding tert-OH is 1. The second-order valence-corrected chi connectivity index (χ2v) is 13.0. The van der Waals surface area contributed by atoms with E-state index in [-0.39, 0.29) is 6.10 Å². The zero-order chi connectivity index (χ0) is 21.8. The molecule has 9 atom stereocenters. The molecule has 1 heteroatoms. The average molecular weight is 415 g/mol. The Kier molecular flexibility index (Phi) is 6.28. The summed E-state index contributed by atoms with van der Waals surface area (Å²) in [5.74, 6) is 5.47. The van der Waals surface area contributed by atoms with Crippen LogP contribution in [0.4, 0.5) is 0 Å². The second kappa shape index (κ2) is 8.24. The molecule has 0 heterocycles. The minimum absolute atomic E-state index is 0.0592. The Morgan fingerprint density at radius 2 is 1.67 bits per heavy atom. The molecule has 0 aromatic rings. The zero-order valence-electron chi connectivity index (χ0n) is 21.1. The summed E-state index contributed by atoms with van der Waals surface area (Å²) < 4.78 is 0. The number of fused-ring (bicyclic) bond motifs is 4. The Bertz CT molecular complexity index is 661. The highest BCUT2D eigenvalue weighted by Crippen LogP contribution is 2.66. The van der Waals surface area contributed by atoms with Crippen LogP contribution in [-0.2, 0) is 0 Å². The van der Waals surface area contributed by atoms with Gasteiger partial charge >= 0.3 is 0 Å². The van der Waals surface area contributed by atoms with E-state index in [4.69, 9.17) is 0 Å². The Balaban J connectivity index is 1.55. The van der Waals surface area contributed by atoms with Crippen molar-refractivity contribution in [2.75, 3.05) is 0 Å². The van der Waals surface area contributed by atoms with Crippen LogP contribution >= 0.6 is 0 Å². The second-order valence-electron chi connectivity index (χ2n) is 13.0. The summed E-state index contributed by atoms with van der Waals surface area (Å²) in [5.41, 5.74) is 4.76. The lowest BCUT2D eigenvalue weighted by Gasteiger charge is -2.58. The van der Waals surface area contributed by atoms with E-state index < -0.39 is 0 Å². The molecule has 172 valence electrons. The van der Waals surface area contributed by atoms with E-state index in [1.165, 1.54) is 57.8 Å². The first-order valence-electron chi connectivity index (χ1n) is 13.5. The molecule has 0 aromatic carbocycles. The normalized spacial score (nSPS) is 45.7. The predicted octanol–water partition coefficient (Wildman–Crippen LogP) is 8.02. The van der Waals surface area contributed by atoms with Crippen LogP contribution in [-0.4, -0.2) is 11.2 Å². The van der Waals surface area contributed by atoms with Gasteiger partial charge in [0.15, 0.2) is 0 Å². The van der Waals surface area contributed by atoms with Crippen molar-refractivity contribution in [1.29, 1.82) is 0 Å². The first-order valence-corrected chi connectivity index (χ1v) is 13.5. The summed E-state index contributed by atoms with van der Waals surface area (Å²) in [6, 6.07) is 0. The van der Waals surface area contributed by atoms with Crippen LogP contribution in [0.1, 0.15) is 113 Å². The van der Waals surface area contributed by atoms with Gasteiger partial charge in [0.2, 0.25) is 0 Å². The van der Waals surface area contributed by atoms with Gasteiger partial charge in [-0.05, 0) is 104 Å². The van der Waals surface area contributed by atoms with Gasteiger partial charge in [0.25, 0.3) is 0 Å². The molecule has 0 aliphatic heterocycles. The summed E-state index contributed by atoms with van der Waals surface area (Å²) in [4.78, 5) is 0. The van der Waals surface area contributed by atoms with Gasteiger partial charge in [0, 0.05) is 0 Å². The number of rotatable bonds is 5. The molecular weight excluding hydrogens is 364 g/mol. The highest BCUT2D eigenvalue weighted by atomic mass is 16.3. The Labute approximate surface area is 187 Å². The lowest BCUT2D eigenvalue weighted by atomic mass is 9.47. The molecule has 3 saturated carbocycles. The maximum absolute atomic E-state index is 10.5. The van der Waals surface area contributed by atoms with E-state index in [1.807, 2.05) is 11.1 Å². The third kappa shape index (κ3) is 3.54. The third-order valence-corrected chi connectivity index (χ3v) is 11.5. The molecule has 2 unspecified atom stereocenters. The molecule has 0 radical (unpaired) electrons. The fourth-order valence-corrected chi connectivity index (χ4v) is 8.96. The van der Waals surface area contributed by atoms with Crippen LogP contribution < -0.4 is 0 Å². The Morgan fingerprint density at radius 1 is 0.933 bits per heavy atom. The lowest BCUT2D eigenvalue weighted by molar-refractivity contribution is -0.0779. The summed E-state index contributed by atoms with van der Waals surface area (Å²) >= 11 is 0. The molecule has 0 aromatic heterocycles. The third-order valence-electron chi connectivity index (χ3n) is 11.5. The minimum atomic E-state index is -0.0592. The number of hydrogen-bond acceptors (Lipinski definition) is 1. The highest BCUT2D eigenvalue weighted by molar-refractivity contribution is 5.35. The molecule has 4 aliphatic carbocycles. The monoisotopic (exact) mass is 414 g/mol. The van der Waals surface area contributed by atoms with Gasteiger partial charge in [-0.2, -0.15) is 0 Å². The molecule has 0 amide bonds. The van der Waals surface area contributed by atoms with Crippen molar-refractivity contribution < 1.29 is 5.11 Å². The quantitative estimate of drug-likeness (QED) is 0.451. The maximum Gasteiger partial charge on any atom is 0.0568 e. The van der Waals surface area contributed by atoms with Gasteiger partial charge in [0.1, 0.15) is 0 Å². The topological polar surface area (TPSA) is 20.2 Å². The summed E-state index contributed by atoms with van der Waals surface area (Å²) in [5, 5.41) is 10.5. The number of aliphatic hydroxyl groups is 1. The van der Waals surface area contributed by atoms with Crippen molar-refractivity contribution >= 4 is 0 Å². The van der Waals surface area contributed by atoms with Crippen molar-refractivity contribution in [3.63, 3.8) is 0 Å². The zero-order valence-corrected chi connectivity index (χ0v) is 21.1. The van der Waals surface area contributed by atoms with Crippen molar-refractivity contribution in [3.8, 4) is 0 Å². The molecule has 4 rings (SSSR count). The van der Waals surface area contributed by atoms with Crippen molar-refractivity contribution in [2.45, 2.75) is 119 Å². The Morgan fingerprint density at radius 3 is 2.37 bits per heavy atom. The van der Waals surface area contributed by atoms with E-state index >= 15 is 0 Å². The molecule has 3 fully saturated rings. The predicted molar refractivity (Wildman–Crippen MR) is 128 cm³/mol. The molecule has 30 heavy (non-hydrogen) atoms. The fourth-order valence-electron chi connectivity index (χ4n) is 8.96. The molecule has 4 aliphatic rings. The van der Waals surface area contributed by atoms with Gasteiger partial charge in [-0.3, -0.25) is 0 Å². The van der Waals surface area contributed by atoms with Crippen LogP contribution in [0.25, 0.3) is 0 Å². The van der Waals surface area contributed by atoms with Crippen LogP contribution in [0.2, 0.25) is 0 Å². The van der Waals surface area contributed by atoms with Crippen LogP contribution in [0.5, 0.6) is 0 Å². The largest absolute Gasteiger partial charge is 0.393 e. The maximum atomic E-state index is 10.5. The van der Waals surface area contributed by atoms with Gasteiger partial charge in [-0.1, -0.05) is 72.5 Å². The minimum Gasteiger partial charge on any atom is -0.393 e. The fraction of sp³-hybridized carbons (Fsp3) is 0.931. The van der Waals surface area contributed by atoms with Gasteiger partial charge in [0.05, 0.1) is 6.10 Å². The van der Waals surface area contributed by atoms with Gasteiger partial charge in [-0.25, -0.2) is 0 Å².